The van der Waals surface area contributed by atoms with Gasteiger partial charge in [-0.15, -0.1) is 0 Å². The van der Waals surface area contributed by atoms with Gasteiger partial charge in [0.1, 0.15) is 6.61 Å². The van der Waals surface area contributed by atoms with Gasteiger partial charge in [0.25, 0.3) is 0 Å². The SMILES string of the molecule is O=C([O-])CCP(=O)([O-])C1COC(=O)C1.[Na+].[Na+]. The van der Waals surface area contributed by atoms with Crippen LogP contribution < -0.4 is 69.1 Å². The van der Waals surface area contributed by atoms with Gasteiger partial charge in [-0.1, -0.05) is 0 Å². The van der Waals surface area contributed by atoms with E-state index in [9.17, 15) is 24.2 Å². The van der Waals surface area contributed by atoms with E-state index in [-0.39, 0.29) is 72.1 Å². The molecule has 0 radical (unpaired) electrons. The molecule has 6 nitrogen and oxygen atoms in total. The van der Waals surface area contributed by atoms with Crippen LogP contribution in [0.2, 0.25) is 0 Å². The van der Waals surface area contributed by atoms with Crippen LogP contribution >= 0.6 is 7.37 Å². The van der Waals surface area contributed by atoms with Gasteiger partial charge in [0, 0.05) is 19.0 Å². The molecular weight excluding hydrogens is 257 g/mol. The zero-order valence-electron chi connectivity index (χ0n) is 9.30. The van der Waals surface area contributed by atoms with Gasteiger partial charge in [-0.2, -0.15) is 0 Å². The molecule has 2 unspecified atom stereocenters. The third-order valence-corrected chi connectivity index (χ3v) is 4.31. The third-order valence-electron chi connectivity index (χ3n) is 2.02. The van der Waals surface area contributed by atoms with Crippen LogP contribution in [-0.4, -0.2) is 30.4 Å². The molecule has 0 bridgehead atoms. The topological polar surface area (TPSA) is 107 Å². The Morgan fingerprint density at radius 2 is 2.06 bits per heavy atom. The van der Waals surface area contributed by atoms with E-state index in [0.29, 0.717) is 0 Å². The van der Waals surface area contributed by atoms with Crippen LogP contribution in [0.5, 0.6) is 0 Å². The van der Waals surface area contributed by atoms with Crippen LogP contribution in [0.4, 0.5) is 0 Å². The van der Waals surface area contributed by atoms with Crippen molar-refractivity contribution in [3.63, 3.8) is 0 Å². The second kappa shape index (κ2) is 8.27. The van der Waals surface area contributed by atoms with E-state index in [1.165, 1.54) is 0 Å². The number of aliphatic carboxylic acids is 1. The first-order chi connectivity index (χ1) is 6.42. The number of carbonyl (C=O) groups excluding carboxylic acids is 2. The van der Waals surface area contributed by atoms with Crippen molar-refractivity contribution in [2.24, 2.45) is 0 Å². The third kappa shape index (κ3) is 6.17. The maximum atomic E-state index is 11.4. The molecule has 0 spiro atoms. The first kappa shape index (κ1) is 19.5. The fraction of sp³-hybridized carbons (Fsp3) is 0.714. The van der Waals surface area contributed by atoms with Gasteiger partial charge in [0.15, 0.2) is 0 Å². The van der Waals surface area contributed by atoms with Gasteiger partial charge < -0.3 is 24.1 Å². The van der Waals surface area contributed by atoms with Gasteiger partial charge in [-0.05, 0) is 12.6 Å². The number of hydrogen-bond acceptors (Lipinski definition) is 6. The molecule has 0 aromatic heterocycles. The molecule has 1 aliphatic rings. The summed E-state index contributed by atoms with van der Waals surface area (Å²) in [5.74, 6) is -1.97. The van der Waals surface area contributed by atoms with Gasteiger partial charge in [-0.3, -0.25) is 4.79 Å². The molecule has 1 rings (SSSR count). The van der Waals surface area contributed by atoms with Crippen molar-refractivity contribution in [1.82, 2.24) is 0 Å². The predicted octanol–water partition coefficient (Wildman–Crippen LogP) is -7.91. The standard InChI is InChI=1S/C7H11O6P.2Na/c8-6(9)1-2-14(11,12)5-3-7(10)13-4-5;;/h5H,1-4H2,(H,8,9)(H,11,12);;/q;2*+1/p-2. The molecule has 1 aliphatic heterocycles. The van der Waals surface area contributed by atoms with Gasteiger partial charge in [0.05, 0.1) is 6.42 Å². The summed E-state index contributed by atoms with van der Waals surface area (Å²) in [7, 11) is -3.85. The molecular formula is C7H9Na2O6P. The van der Waals surface area contributed by atoms with Crippen LogP contribution in [0.3, 0.4) is 0 Å². The Hall–Kier alpha value is 1.13. The predicted molar refractivity (Wildman–Crippen MR) is 41.5 cm³/mol. The molecule has 16 heavy (non-hydrogen) atoms. The van der Waals surface area contributed by atoms with E-state index >= 15 is 0 Å². The number of carboxylic acid groups (broad SMARTS) is 1. The average molecular weight is 266 g/mol. The smallest absolute Gasteiger partial charge is 0.799 e. The minimum absolute atomic E-state index is 0. The molecule has 0 N–H and O–H groups in total. The van der Waals surface area contributed by atoms with Crippen molar-refractivity contribution in [3.8, 4) is 0 Å². The molecule has 0 aromatic carbocycles. The van der Waals surface area contributed by atoms with E-state index in [1.54, 1.807) is 0 Å². The molecule has 2 atom stereocenters. The molecule has 1 heterocycles. The number of rotatable bonds is 4. The Bertz CT molecular complexity index is 307. The Labute approximate surface area is 137 Å². The van der Waals surface area contributed by atoms with Crippen molar-refractivity contribution < 1.29 is 88.0 Å². The maximum absolute atomic E-state index is 11.4. The fourth-order valence-corrected chi connectivity index (χ4v) is 2.77. The van der Waals surface area contributed by atoms with E-state index in [2.05, 4.69) is 4.74 Å². The quantitative estimate of drug-likeness (QED) is 0.284. The first-order valence-corrected chi connectivity index (χ1v) is 5.95. The van der Waals surface area contributed by atoms with Crippen LogP contribution in [-0.2, 0) is 18.9 Å². The fourth-order valence-electron chi connectivity index (χ4n) is 1.18. The second-order valence-corrected chi connectivity index (χ2v) is 5.74. The second-order valence-electron chi connectivity index (χ2n) is 3.11. The number of carboxylic acids is 1. The number of hydrogen-bond donors (Lipinski definition) is 0. The number of carbonyl (C=O) groups is 2. The summed E-state index contributed by atoms with van der Waals surface area (Å²) in [6.45, 7) is -0.160. The van der Waals surface area contributed by atoms with E-state index < -0.39 is 37.5 Å². The number of ether oxygens (including phenoxy) is 1. The van der Waals surface area contributed by atoms with Gasteiger partial charge >= 0.3 is 65.1 Å². The molecule has 9 heteroatoms. The van der Waals surface area contributed by atoms with Crippen molar-refractivity contribution >= 4 is 19.3 Å². The van der Waals surface area contributed by atoms with Crippen LogP contribution in [0.1, 0.15) is 12.8 Å². The zero-order valence-corrected chi connectivity index (χ0v) is 14.2. The Morgan fingerprint density at radius 3 is 2.44 bits per heavy atom. The Morgan fingerprint density at radius 1 is 1.50 bits per heavy atom. The van der Waals surface area contributed by atoms with E-state index in [0.717, 1.165) is 0 Å². The van der Waals surface area contributed by atoms with Crippen molar-refractivity contribution in [2.45, 2.75) is 18.5 Å². The first-order valence-electron chi connectivity index (χ1n) is 4.07. The van der Waals surface area contributed by atoms with Crippen molar-refractivity contribution in [2.75, 3.05) is 12.8 Å². The van der Waals surface area contributed by atoms with Crippen molar-refractivity contribution in [1.29, 1.82) is 0 Å². The number of esters is 1. The molecule has 0 saturated carbocycles. The van der Waals surface area contributed by atoms with Crippen molar-refractivity contribution in [3.05, 3.63) is 0 Å². The Kier molecular flexibility index (Phi) is 10.1. The van der Waals surface area contributed by atoms with Crippen LogP contribution in [0.25, 0.3) is 0 Å². The summed E-state index contributed by atoms with van der Waals surface area (Å²) < 4.78 is 15.9. The summed E-state index contributed by atoms with van der Waals surface area (Å²) in [6.07, 6.45) is -1.18. The maximum Gasteiger partial charge on any atom is 1.00 e. The normalized spacial score (nSPS) is 22.3. The molecule has 0 amide bonds. The van der Waals surface area contributed by atoms with Crippen LogP contribution in [0.15, 0.2) is 0 Å². The minimum atomic E-state index is -3.85. The molecule has 1 saturated heterocycles. The molecule has 0 aromatic rings. The summed E-state index contributed by atoms with van der Waals surface area (Å²) in [5, 5.41) is 10.1. The molecule has 80 valence electrons. The summed E-state index contributed by atoms with van der Waals surface area (Å²) in [4.78, 5) is 32.1. The summed E-state index contributed by atoms with van der Waals surface area (Å²) >= 11 is 0. The van der Waals surface area contributed by atoms with Gasteiger partial charge in [0.2, 0.25) is 0 Å². The molecule has 0 aliphatic carbocycles. The van der Waals surface area contributed by atoms with Gasteiger partial charge in [-0.25, -0.2) is 0 Å². The number of cyclic esters (lactones) is 1. The van der Waals surface area contributed by atoms with E-state index in [4.69, 9.17) is 0 Å². The average Bonchev–Trinajstić information content (AvgIpc) is 2.49. The van der Waals surface area contributed by atoms with Crippen LogP contribution in [0, 0.1) is 0 Å². The zero-order chi connectivity index (χ0) is 10.8. The summed E-state index contributed by atoms with van der Waals surface area (Å²) in [5.41, 5.74) is -0.866. The summed E-state index contributed by atoms with van der Waals surface area (Å²) in [6, 6.07) is 0. The minimum Gasteiger partial charge on any atom is -0.799 e. The monoisotopic (exact) mass is 266 g/mol. The largest absolute Gasteiger partial charge is 1.00 e. The molecule has 1 fully saturated rings. The van der Waals surface area contributed by atoms with E-state index in [1.807, 2.05) is 0 Å². The Balaban J connectivity index is 0.